The first kappa shape index (κ1) is 17.8. The molecule has 4 heteroatoms. The zero-order valence-corrected chi connectivity index (χ0v) is 16.1. The van der Waals surface area contributed by atoms with Crippen LogP contribution in [0.2, 0.25) is 0 Å². The van der Waals surface area contributed by atoms with Gasteiger partial charge in [0, 0.05) is 5.92 Å². The van der Waals surface area contributed by atoms with E-state index >= 15 is 0 Å². The van der Waals surface area contributed by atoms with Crippen molar-refractivity contribution < 1.29 is 13.0 Å². The van der Waals surface area contributed by atoms with Crippen LogP contribution >= 0.6 is 0 Å². The smallest absolute Gasteiger partial charge is 0.282 e. The molecule has 4 aliphatic carbocycles. The predicted octanol–water partition coefficient (Wildman–Crippen LogP) is 5.65. The molecule has 25 heavy (non-hydrogen) atoms. The molecule has 0 amide bonds. The fourth-order valence-corrected chi connectivity index (χ4v) is 7.29. The fourth-order valence-electron chi connectivity index (χ4n) is 6.11. The van der Waals surface area contributed by atoms with E-state index in [0.29, 0.717) is 22.7 Å². The van der Waals surface area contributed by atoms with E-state index < -0.39 is 10.1 Å². The molecule has 3 saturated carbocycles. The summed E-state index contributed by atoms with van der Waals surface area (Å²) < 4.78 is 35.0. The van der Waals surface area contributed by atoms with Crippen LogP contribution in [0, 0.1) is 23.7 Å². The Balaban J connectivity index is 1.78. The molecule has 0 bridgehead atoms. The summed E-state index contributed by atoms with van der Waals surface area (Å²) in [7, 11) is -4.11. The lowest BCUT2D eigenvalue weighted by molar-refractivity contribution is 0.363. The topological polar surface area (TPSA) is 54.4 Å². The predicted molar refractivity (Wildman–Crippen MR) is 101 cm³/mol. The lowest BCUT2D eigenvalue weighted by Crippen LogP contribution is -2.27. The molecular formula is C21H32O3S. The van der Waals surface area contributed by atoms with Gasteiger partial charge in [-0.3, -0.25) is 4.55 Å². The second-order valence-electron chi connectivity index (χ2n) is 8.83. The highest BCUT2D eigenvalue weighted by atomic mass is 32.2. The summed E-state index contributed by atoms with van der Waals surface area (Å²) in [6.45, 7) is 0. The van der Waals surface area contributed by atoms with Gasteiger partial charge in [-0.1, -0.05) is 50.2 Å². The number of allylic oxidation sites excluding steroid dienone is 4. The minimum Gasteiger partial charge on any atom is -0.282 e. The molecule has 0 aromatic rings. The van der Waals surface area contributed by atoms with Crippen molar-refractivity contribution in [2.24, 2.45) is 23.7 Å². The molecule has 4 rings (SSSR count). The molecule has 0 saturated heterocycles. The summed E-state index contributed by atoms with van der Waals surface area (Å²) in [4.78, 5) is 0.424. The SMILES string of the molecule is O=S(=O)(O)C1=C(C2CCCC2)C=C(C2CCCC2)CC1C1CCCC1. The highest BCUT2D eigenvalue weighted by molar-refractivity contribution is 7.89. The molecule has 0 radical (unpaired) electrons. The van der Waals surface area contributed by atoms with Gasteiger partial charge in [0.25, 0.3) is 10.1 Å². The Hall–Kier alpha value is -0.610. The van der Waals surface area contributed by atoms with Crippen molar-refractivity contribution in [2.45, 2.75) is 83.5 Å². The van der Waals surface area contributed by atoms with Crippen LogP contribution in [0.3, 0.4) is 0 Å². The van der Waals surface area contributed by atoms with Crippen molar-refractivity contribution in [3.63, 3.8) is 0 Å². The molecule has 0 aliphatic heterocycles. The van der Waals surface area contributed by atoms with E-state index in [-0.39, 0.29) is 5.92 Å². The Kier molecular flexibility index (Phi) is 5.11. The Morgan fingerprint density at radius 2 is 1.32 bits per heavy atom. The van der Waals surface area contributed by atoms with Crippen molar-refractivity contribution in [1.29, 1.82) is 0 Å². The van der Waals surface area contributed by atoms with E-state index in [1.54, 1.807) is 0 Å². The summed E-state index contributed by atoms with van der Waals surface area (Å²) >= 11 is 0. The van der Waals surface area contributed by atoms with Crippen LogP contribution in [0.15, 0.2) is 22.1 Å². The number of hydrogen-bond acceptors (Lipinski definition) is 2. The van der Waals surface area contributed by atoms with Gasteiger partial charge in [0.05, 0.1) is 4.91 Å². The summed E-state index contributed by atoms with van der Waals surface area (Å²) in [5.74, 6) is 1.48. The van der Waals surface area contributed by atoms with Gasteiger partial charge in [-0.25, -0.2) is 0 Å². The van der Waals surface area contributed by atoms with E-state index in [1.165, 1.54) is 56.9 Å². The van der Waals surface area contributed by atoms with E-state index in [1.807, 2.05) is 0 Å². The van der Waals surface area contributed by atoms with Gasteiger partial charge in [-0.2, -0.15) is 8.42 Å². The maximum atomic E-state index is 12.4. The van der Waals surface area contributed by atoms with Gasteiger partial charge >= 0.3 is 0 Å². The van der Waals surface area contributed by atoms with E-state index in [0.717, 1.165) is 37.7 Å². The van der Waals surface area contributed by atoms with Crippen LogP contribution in [0.1, 0.15) is 83.5 Å². The fraction of sp³-hybridized carbons (Fsp3) is 0.810. The van der Waals surface area contributed by atoms with Crippen LogP contribution in [0.25, 0.3) is 0 Å². The molecular weight excluding hydrogens is 332 g/mol. The molecule has 1 N–H and O–H groups in total. The van der Waals surface area contributed by atoms with Gasteiger partial charge in [0.15, 0.2) is 0 Å². The summed E-state index contributed by atoms with van der Waals surface area (Å²) in [6, 6.07) is 0. The molecule has 0 aromatic heterocycles. The first-order valence-corrected chi connectivity index (χ1v) is 11.9. The molecule has 140 valence electrons. The molecule has 1 atom stereocenters. The molecule has 0 aromatic carbocycles. The standard InChI is InChI=1S/C21H32O3S/c22-25(23,24)21-19(16-9-3-4-10-16)13-18(15-7-1-2-8-15)14-20(21)17-11-5-6-12-17/h13,15-17,20H,1-12,14H2,(H,22,23,24). The summed E-state index contributed by atoms with van der Waals surface area (Å²) in [5.41, 5.74) is 2.51. The monoisotopic (exact) mass is 364 g/mol. The van der Waals surface area contributed by atoms with E-state index in [9.17, 15) is 13.0 Å². The van der Waals surface area contributed by atoms with E-state index in [2.05, 4.69) is 6.08 Å². The normalized spacial score (nSPS) is 30.4. The Morgan fingerprint density at radius 1 is 0.800 bits per heavy atom. The van der Waals surface area contributed by atoms with Gasteiger partial charge in [0.1, 0.15) is 0 Å². The molecule has 1 unspecified atom stereocenters. The zero-order valence-electron chi connectivity index (χ0n) is 15.3. The maximum absolute atomic E-state index is 12.4. The van der Waals surface area contributed by atoms with Crippen molar-refractivity contribution in [3.8, 4) is 0 Å². The minimum absolute atomic E-state index is 0.0358. The molecule has 3 fully saturated rings. The molecule has 3 nitrogen and oxygen atoms in total. The second kappa shape index (κ2) is 7.19. The van der Waals surface area contributed by atoms with Crippen molar-refractivity contribution in [3.05, 3.63) is 22.1 Å². The Bertz CT molecular complexity index is 655. The van der Waals surface area contributed by atoms with E-state index in [4.69, 9.17) is 0 Å². The largest absolute Gasteiger partial charge is 0.291 e. The van der Waals surface area contributed by atoms with Gasteiger partial charge in [-0.15, -0.1) is 0 Å². The highest BCUT2D eigenvalue weighted by Crippen LogP contribution is 2.50. The van der Waals surface area contributed by atoms with Gasteiger partial charge < -0.3 is 0 Å². The molecule has 0 spiro atoms. The van der Waals surface area contributed by atoms with Crippen LogP contribution in [0.4, 0.5) is 0 Å². The van der Waals surface area contributed by atoms with Crippen molar-refractivity contribution in [2.75, 3.05) is 0 Å². The highest BCUT2D eigenvalue weighted by Gasteiger charge is 2.41. The molecule has 0 heterocycles. The van der Waals surface area contributed by atoms with Crippen LogP contribution < -0.4 is 0 Å². The summed E-state index contributed by atoms with van der Waals surface area (Å²) in [5, 5.41) is 0. The van der Waals surface area contributed by atoms with Crippen molar-refractivity contribution >= 4 is 10.1 Å². The minimum atomic E-state index is -4.11. The number of rotatable bonds is 4. The first-order valence-electron chi connectivity index (χ1n) is 10.5. The Morgan fingerprint density at radius 3 is 1.88 bits per heavy atom. The lowest BCUT2D eigenvalue weighted by Gasteiger charge is -2.34. The van der Waals surface area contributed by atoms with Crippen molar-refractivity contribution in [1.82, 2.24) is 0 Å². The lowest BCUT2D eigenvalue weighted by atomic mass is 9.74. The van der Waals surface area contributed by atoms with Crippen LogP contribution in [0.5, 0.6) is 0 Å². The average Bonchev–Trinajstić information content (AvgIpc) is 3.36. The van der Waals surface area contributed by atoms with Crippen LogP contribution in [-0.2, 0) is 10.1 Å². The third-order valence-electron chi connectivity index (χ3n) is 7.34. The maximum Gasteiger partial charge on any atom is 0.291 e. The average molecular weight is 365 g/mol. The van der Waals surface area contributed by atoms with Gasteiger partial charge in [-0.05, 0) is 68.3 Å². The van der Waals surface area contributed by atoms with Gasteiger partial charge in [0.2, 0.25) is 0 Å². The number of hydrogen-bond donors (Lipinski definition) is 1. The second-order valence-corrected chi connectivity index (χ2v) is 10.2. The third-order valence-corrected chi connectivity index (χ3v) is 8.43. The quantitative estimate of drug-likeness (QED) is 0.656. The zero-order chi connectivity index (χ0) is 17.4. The third kappa shape index (κ3) is 3.62. The van der Waals surface area contributed by atoms with Crippen LogP contribution in [-0.4, -0.2) is 13.0 Å². The Labute approximate surface area is 152 Å². The summed E-state index contributed by atoms with van der Waals surface area (Å²) in [6.07, 6.45) is 17.5. The molecule has 4 aliphatic rings. The first-order chi connectivity index (χ1) is 12.0.